The van der Waals surface area contributed by atoms with Gasteiger partial charge < -0.3 is 10.2 Å². The summed E-state index contributed by atoms with van der Waals surface area (Å²) in [5, 5.41) is 2.98. The maximum absolute atomic E-state index is 14.0. The molecule has 1 amide bonds. The second-order valence-corrected chi connectivity index (χ2v) is 6.67. The van der Waals surface area contributed by atoms with Gasteiger partial charge in [0.15, 0.2) is 0 Å². The number of hydrogen-bond acceptors (Lipinski definition) is 3. The Morgan fingerprint density at radius 3 is 2.67 bits per heavy atom. The van der Waals surface area contributed by atoms with Crippen molar-refractivity contribution in [2.24, 2.45) is 5.92 Å². The van der Waals surface area contributed by atoms with Crippen LogP contribution in [0, 0.1) is 11.7 Å². The summed E-state index contributed by atoms with van der Waals surface area (Å²) in [5.74, 6) is -0.461. The van der Waals surface area contributed by atoms with Crippen LogP contribution in [-0.2, 0) is 4.79 Å². The standard InChI is InChI=1S/C22H20FN3O/c23-19-8-4-5-9-21(19)26-13-11-17(15-26)22(27)25-18-10-12-24-20(14-18)16-6-2-1-3-7-16/h1-10,12,14,17H,11,13,15H2,(H,24,25,27). The summed E-state index contributed by atoms with van der Waals surface area (Å²) in [6, 6.07) is 20.2. The number of aromatic nitrogens is 1. The van der Waals surface area contributed by atoms with Gasteiger partial charge in [-0.3, -0.25) is 9.78 Å². The van der Waals surface area contributed by atoms with Crippen LogP contribution in [0.1, 0.15) is 6.42 Å². The summed E-state index contributed by atoms with van der Waals surface area (Å²) in [6.07, 6.45) is 2.40. The van der Waals surface area contributed by atoms with Crippen LogP contribution in [0.15, 0.2) is 72.9 Å². The molecule has 1 unspecified atom stereocenters. The lowest BCUT2D eigenvalue weighted by molar-refractivity contribution is -0.119. The van der Waals surface area contributed by atoms with E-state index in [0.29, 0.717) is 25.2 Å². The van der Waals surface area contributed by atoms with Crippen LogP contribution in [0.4, 0.5) is 15.8 Å². The van der Waals surface area contributed by atoms with E-state index in [4.69, 9.17) is 0 Å². The minimum atomic E-state index is -0.250. The van der Waals surface area contributed by atoms with Crippen molar-refractivity contribution < 1.29 is 9.18 Å². The van der Waals surface area contributed by atoms with E-state index in [0.717, 1.165) is 16.9 Å². The summed E-state index contributed by atoms with van der Waals surface area (Å²) >= 11 is 0. The van der Waals surface area contributed by atoms with Crippen LogP contribution in [0.3, 0.4) is 0 Å². The zero-order valence-corrected chi connectivity index (χ0v) is 14.8. The van der Waals surface area contributed by atoms with Crippen LogP contribution >= 0.6 is 0 Å². The largest absolute Gasteiger partial charge is 0.368 e. The minimum Gasteiger partial charge on any atom is -0.368 e. The maximum Gasteiger partial charge on any atom is 0.229 e. The summed E-state index contributed by atoms with van der Waals surface area (Å²) in [6.45, 7) is 1.19. The summed E-state index contributed by atoms with van der Waals surface area (Å²) in [7, 11) is 0. The smallest absolute Gasteiger partial charge is 0.229 e. The number of carbonyl (C=O) groups is 1. The molecule has 0 spiro atoms. The quantitative estimate of drug-likeness (QED) is 0.751. The van der Waals surface area contributed by atoms with E-state index in [2.05, 4.69) is 10.3 Å². The second kappa shape index (κ2) is 7.58. The number of anilines is 2. The lowest BCUT2D eigenvalue weighted by atomic mass is 10.1. The van der Waals surface area contributed by atoms with Gasteiger partial charge in [-0.2, -0.15) is 0 Å². The zero-order chi connectivity index (χ0) is 18.6. The molecule has 1 aliphatic heterocycles. The lowest BCUT2D eigenvalue weighted by Crippen LogP contribution is -2.27. The lowest BCUT2D eigenvalue weighted by Gasteiger charge is -2.19. The fraction of sp³-hybridized carbons (Fsp3) is 0.182. The number of halogens is 1. The molecule has 5 heteroatoms. The average molecular weight is 361 g/mol. The molecule has 1 aromatic heterocycles. The van der Waals surface area contributed by atoms with Crippen molar-refractivity contribution in [3.63, 3.8) is 0 Å². The zero-order valence-electron chi connectivity index (χ0n) is 14.8. The number of carbonyl (C=O) groups excluding carboxylic acids is 1. The molecule has 2 heterocycles. The van der Waals surface area contributed by atoms with Gasteiger partial charge in [0.05, 0.1) is 17.3 Å². The van der Waals surface area contributed by atoms with Crippen molar-refractivity contribution >= 4 is 17.3 Å². The number of nitrogens with zero attached hydrogens (tertiary/aromatic N) is 2. The first kappa shape index (κ1) is 17.2. The Morgan fingerprint density at radius 1 is 1.07 bits per heavy atom. The van der Waals surface area contributed by atoms with Gasteiger partial charge in [0.1, 0.15) is 5.82 Å². The number of benzene rings is 2. The van der Waals surface area contributed by atoms with E-state index in [1.165, 1.54) is 6.07 Å². The molecule has 2 aromatic carbocycles. The van der Waals surface area contributed by atoms with E-state index in [-0.39, 0.29) is 17.6 Å². The summed E-state index contributed by atoms with van der Waals surface area (Å²) in [5.41, 5.74) is 3.09. The SMILES string of the molecule is O=C(Nc1ccnc(-c2ccccc2)c1)C1CCN(c2ccccc2F)C1. The third-order valence-corrected chi connectivity index (χ3v) is 4.85. The van der Waals surface area contributed by atoms with Crippen molar-refractivity contribution in [2.45, 2.75) is 6.42 Å². The number of amides is 1. The van der Waals surface area contributed by atoms with Gasteiger partial charge >= 0.3 is 0 Å². The highest BCUT2D eigenvalue weighted by molar-refractivity contribution is 5.93. The first-order chi connectivity index (χ1) is 13.2. The van der Waals surface area contributed by atoms with E-state index in [9.17, 15) is 9.18 Å². The Balaban J connectivity index is 1.44. The Kier molecular flexibility index (Phi) is 4.83. The van der Waals surface area contributed by atoms with Gasteiger partial charge in [0, 0.05) is 30.5 Å². The van der Waals surface area contributed by atoms with Crippen molar-refractivity contribution in [1.29, 1.82) is 0 Å². The highest BCUT2D eigenvalue weighted by atomic mass is 19.1. The molecular weight excluding hydrogens is 341 g/mol. The molecule has 4 nitrogen and oxygen atoms in total. The molecule has 27 heavy (non-hydrogen) atoms. The number of rotatable bonds is 4. The van der Waals surface area contributed by atoms with Gasteiger partial charge in [-0.25, -0.2) is 4.39 Å². The molecule has 1 fully saturated rings. The van der Waals surface area contributed by atoms with Crippen molar-refractivity contribution in [3.8, 4) is 11.3 Å². The van der Waals surface area contributed by atoms with E-state index >= 15 is 0 Å². The Hall–Kier alpha value is -3.21. The third-order valence-electron chi connectivity index (χ3n) is 4.85. The van der Waals surface area contributed by atoms with E-state index in [1.807, 2.05) is 47.4 Å². The normalized spacial score (nSPS) is 16.3. The highest BCUT2D eigenvalue weighted by Gasteiger charge is 2.29. The fourth-order valence-electron chi connectivity index (χ4n) is 3.42. The van der Waals surface area contributed by atoms with E-state index in [1.54, 1.807) is 24.4 Å². The predicted molar refractivity (Wildman–Crippen MR) is 105 cm³/mol. The molecule has 0 saturated carbocycles. The number of hydrogen-bond donors (Lipinski definition) is 1. The minimum absolute atomic E-state index is 0.0425. The summed E-state index contributed by atoms with van der Waals surface area (Å²) in [4.78, 5) is 19.0. The molecule has 4 rings (SSSR count). The predicted octanol–water partition coefficient (Wildman–Crippen LogP) is 4.35. The van der Waals surface area contributed by atoms with Crippen LogP contribution in [0.2, 0.25) is 0 Å². The molecule has 1 aliphatic rings. The van der Waals surface area contributed by atoms with Crippen LogP contribution in [-0.4, -0.2) is 24.0 Å². The molecule has 1 atom stereocenters. The monoisotopic (exact) mass is 361 g/mol. The van der Waals surface area contributed by atoms with Crippen LogP contribution in [0.5, 0.6) is 0 Å². The van der Waals surface area contributed by atoms with Crippen molar-refractivity contribution in [1.82, 2.24) is 4.98 Å². The molecule has 0 radical (unpaired) electrons. The second-order valence-electron chi connectivity index (χ2n) is 6.67. The number of nitrogens with one attached hydrogen (secondary N) is 1. The molecule has 3 aromatic rings. The third kappa shape index (κ3) is 3.82. The van der Waals surface area contributed by atoms with Gasteiger partial charge in [0.2, 0.25) is 5.91 Å². The van der Waals surface area contributed by atoms with Gasteiger partial charge in [-0.1, -0.05) is 42.5 Å². The Bertz CT molecular complexity index is 945. The van der Waals surface area contributed by atoms with Crippen LogP contribution < -0.4 is 10.2 Å². The number of pyridine rings is 1. The molecule has 1 N–H and O–H groups in total. The van der Waals surface area contributed by atoms with Gasteiger partial charge in [0.25, 0.3) is 0 Å². The molecular formula is C22H20FN3O. The molecule has 0 aliphatic carbocycles. The van der Waals surface area contributed by atoms with E-state index < -0.39 is 0 Å². The Morgan fingerprint density at radius 2 is 1.85 bits per heavy atom. The molecule has 0 bridgehead atoms. The van der Waals surface area contributed by atoms with Gasteiger partial charge in [-0.15, -0.1) is 0 Å². The fourth-order valence-corrected chi connectivity index (χ4v) is 3.42. The Labute approximate surface area is 157 Å². The summed E-state index contributed by atoms with van der Waals surface area (Å²) < 4.78 is 14.0. The van der Waals surface area contributed by atoms with Gasteiger partial charge in [-0.05, 0) is 30.7 Å². The highest BCUT2D eigenvalue weighted by Crippen LogP contribution is 2.27. The average Bonchev–Trinajstić information content (AvgIpc) is 3.19. The number of para-hydroxylation sites is 1. The van der Waals surface area contributed by atoms with Crippen molar-refractivity contribution in [3.05, 3.63) is 78.7 Å². The first-order valence-corrected chi connectivity index (χ1v) is 9.02. The molecule has 136 valence electrons. The topological polar surface area (TPSA) is 45.2 Å². The van der Waals surface area contributed by atoms with Crippen molar-refractivity contribution in [2.75, 3.05) is 23.3 Å². The first-order valence-electron chi connectivity index (χ1n) is 9.02. The molecule has 1 saturated heterocycles. The van der Waals surface area contributed by atoms with Crippen LogP contribution in [0.25, 0.3) is 11.3 Å². The maximum atomic E-state index is 14.0.